The highest BCUT2D eigenvalue weighted by Crippen LogP contribution is 2.21. The summed E-state index contributed by atoms with van der Waals surface area (Å²) < 4.78 is 5.44. The van der Waals surface area contributed by atoms with Crippen molar-refractivity contribution in [2.24, 2.45) is 0 Å². The van der Waals surface area contributed by atoms with Crippen LogP contribution in [0.15, 0.2) is 60.9 Å². The second kappa shape index (κ2) is 4.52. The summed E-state index contributed by atoms with van der Waals surface area (Å²) in [5.41, 5.74) is 2.56. The van der Waals surface area contributed by atoms with E-state index in [4.69, 9.17) is 4.74 Å². The van der Waals surface area contributed by atoms with E-state index in [1.807, 2.05) is 48.8 Å². The molecule has 0 spiro atoms. The van der Waals surface area contributed by atoms with Crippen LogP contribution in [-0.2, 0) is 0 Å². The zero-order valence-corrected chi connectivity index (χ0v) is 11.1. The fraction of sp³-hybridized carbons (Fsp3) is 0. The second-order valence-electron chi connectivity index (χ2n) is 4.90. The van der Waals surface area contributed by atoms with Gasteiger partial charge in [-0.3, -0.25) is 0 Å². The zero-order valence-electron chi connectivity index (χ0n) is 11.1. The smallest absolute Gasteiger partial charge is 0.343 e. The van der Waals surface area contributed by atoms with Crippen LogP contribution in [0.3, 0.4) is 0 Å². The largest absolute Gasteiger partial charge is 0.423 e. The number of carbonyl (C=O) groups is 1. The Balaban J connectivity index is 1.64. The third-order valence-corrected chi connectivity index (χ3v) is 3.52. The number of esters is 1. The molecular formula is C17H12N2O2. The van der Waals surface area contributed by atoms with Crippen LogP contribution in [-0.4, -0.2) is 15.9 Å². The molecule has 0 fully saturated rings. The first-order valence-corrected chi connectivity index (χ1v) is 6.66. The normalized spacial score (nSPS) is 11.0. The molecule has 2 aromatic carbocycles. The minimum atomic E-state index is -0.354. The molecule has 0 aliphatic rings. The maximum Gasteiger partial charge on any atom is 0.343 e. The van der Waals surface area contributed by atoms with E-state index >= 15 is 0 Å². The fourth-order valence-electron chi connectivity index (χ4n) is 2.44. The third kappa shape index (κ3) is 2.07. The second-order valence-corrected chi connectivity index (χ2v) is 4.90. The molecule has 0 atom stereocenters. The number of hydrogen-bond acceptors (Lipinski definition) is 2. The Morgan fingerprint density at radius 2 is 1.48 bits per heavy atom. The number of carbonyl (C=O) groups excluding carboxylic acids is 1. The first-order valence-electron chi connectivity index (χ1n) is 6.66. The zero-order chi connectivity index (χ0) is 14.2. The minimum Gasteiger partial charge on any atom is -0.423 e. The molecule has 21 heavy (non-hydrogen) atoms. The van der Waals surface area contributed by atoms with Crippen molar-refractivity contribution in [3.05, 3.63) is 66.5 Å². The highest BCUT2D eigenvalue weighted by Gasteiger charge is 2.10. The molecule has 0 saturated carbocycles. The maximum atomic E-state index is 12.2. The summed E-state index contributed by atoms with van der Waals surface area (Å²) in [5, 5.41) is 2.01. The summed E-state index contributed by atoms with van der Waals surface area (Å²) in [6, 6.07) is 14.9. The lowest BCUT2D eigenvalue weighted by atomic mass is 10.1. The van der Waals surface area contributed by atoms with Crippen molar-refractivity contribution in [2.45, 2.75) is 0 Å². The Kier molecular flexibility index (Phi) is 2.54. The molecule has 2 heterocycles. The number of aromatic amines is 2. The lowest BCUT2D eigenvalue weighted by molar-refractivity contribution is 0.0735. The van der Waals surface area contributed by atoms with Crippen LogP contribution >= 0.6 is 0 Å². The molecule has 0 amide bonds. The summed E-state index contributed by atoms with van der Waals surface area (Å²) in [7, 11) is 0. The molecular weight excluding hydrogens is 264 g/mol. The summed E-state index contributed by atoms with van der Waals surface area (Å²) in [6.45, 7) is 0. The number of benzene rings is 2. The molecule has 0 aliphatic carbocycles. The molecule has 4 aromatic rings. The number of ether oxygens (including phenoxy) is 1. The van der Waals surface area contributed by atoms with Gasteiger partial charge in [0.25, 0.3) is 0 Å². The van der Waals surface area contributed by atoms with Crippen molar-refractivity contribution < 1.29 is 9.53 Å². The van der Waals surface area contributed by atoms with Gasteiger partial charge in [0.2, 0.25) is 0 Å². The van der Waals surface area contributed by atoms with Crippen molar-refractivity contribution in [2.75, 3.05) is 0 Å². The lowest BCUT2D eigenvalue weighted by Gasteiger charge is -2.05. The molecule has 4 rings (SSSR count). The van der Waals surface area contributed by atoms with Gasteiger partial charge in [-0.15, -0.1) is 0 Å². The van der Waals surface area contributed by atoms with E-state index in [0.717, 1.165) is 21.8 Å². The van der Waals surface area contributed by atoms with Gasteiger partial charge in [0.05, 0.1) is 5.56 Å². The van der Waals surface area contributed by atoms with Gasteiger partial charge in [0, 0.05) is 34.2 Å². The number of hydrogen-bond donors (Lipinski definition) is 2. The van der Waals surface area contributed by atoms with E-state index in [9.17, 15) is 4.79 Å². The standard InChI is InChI=1S/C17H12N2O2/c20-17(13-1-3-15-11(9-13)5-7-18-15)21-14-2-4-16-12(10-14)6-8-19-16/h1-10,18-19H. The summed E-state index contributed by atoms with van der Waals surface area (Å²) in [5.74, 6) is 0.189. The molecule has 0 radical (unpaired) electrons. The van der Waals surface area contributed by atoms with Gasteiger partial charge in [0.15, 0.2) is 0 Å². The highest BCUT2D eigenvalue weighted by molar-refractivity contribution is 5.96. The third-order valence-electron chi connectivity index (χ3n) is 3.52. The van der Waals surface area contributed by atoms with Gasteiger partial charge in [-0.2, -0.15) is 0 Å². The molecule has 0 bridgehead atoms. The van der Waals surface area contributed by atoms with Crippen LogP contribution in [0.4, 0.5) is 0 Å². The van der Waals surface area contributed by atoms with E-state index in [2.05, 4.69) is 9.97 Å². The Bertz CT molecular complexity index is 949. The van der Waals surface area contributed by atoms with Gasteiger partial charge in [0.1, 0.15) is 5.75 Å². The van der Waals surface area contributed by atoms with Crippen LogP contribution < -0.4 is 4.74 Å². The molecule has 102 valence electrons. The van der Waals surface area contributed by atoms with Gasteiger partial charge in [-0.05, 0) is 48.5 Å². The quantitative estimate of drug-likeness (QED) is 0.431. The number of H-pyrrole nitrogens is 2. The van der Waals surface area contributed by atoms with Crippen molar-refractivity contribution in [3.8, 4) is 5.75 Å². The predicted octanol–water partition coefficient (Wildman–Crippen LogP) is 3.87. The lowest BCUT2D eigenvalue weighted by Crippen LogP contribution is -2.08. The van der Waals surface area contributed by atoms with Crippen LogP contribution in [0, 0.1) is 0 Å². The number of aromatic nitrogens is 2. The molecule has 2 N–H and O–H groups in total. The Hall–Kier alpha value is -3.01. The monoisotopic (exact) mass is 276 g/mol. The fourth-order valence-corrected chi connectivity index (χ4v) is 2.44. The van der Waals surface area contributed by atoms with Crippen LogP contribution in [0.1, 0.15) is 10.4 Å². The van der Waals surface area contributed by atoms with Gasteiger partial charge < -0.3 is 14.7 Å². The number of rotatable bonds is 2. The van der Waals surface area contributed by atoms with E-state index in [1.54, 1.807) is 12.1 Å². The molecule has 0 aliphatic heterocycles. The van der Waals surface area contributed by atoms with Crippen LogP contribution in [0.2, 0.25) is 0 Å². The van der Waals surface area contributed by atoms with E-state index in [0.29, 0.717) is 11.3 Å². The molecule has 0 unspecified atom stereocenters. The van der Waals surface area contributed by atoms with E-state index in [1.165, 1.54) is 0 Å². The van der Waals surface area contributed by atoms with E-state index in [-0.39, 0.29) is 5.97 Å². The minimum absolute atomic E-state index is 0.354. The average Bonchev–Trinajstić information content (AvgIpc) is 3.14. The molecule has 2 aromatic heterocycles. The molecule has 4 heteroatoms. The number of nitrogens with one attached hydrogen (secondary N) is 2. The summed E-state index contributed by atoms with van der Waals surface area (Å²) in [6.07, 6.45) is 3.70. The van der Waals surface area contributed by atoms with E-state index < -0.39 is 0 Å². The predicted molar refractivity (Wildman–Crippen MR) is 81.6 cm³/mol. The van der Waals surface area contributed by atoms with Crippen molar-refractivity contribution in [3.63, 3.8) is 0 Å². The SMILES string of the molecule is O=C(Oc1ccc2[nH]ccc2c1)c1ccc2[nH]ccc2c1. The summed E-state index contributed by atoms with van der Waals surface area (Å²) >= 11 is 0. The Morgan fingerprint density at radius 3 is 2.24 bits per heavy atom. The van der Waals surface area contributed by atoms with Gasteiger partial charge in [-0.25, -0.2) is 4.79 Å². The Morgan fingerprint density at radius 1 is 0.810 bits per heavy atom. The first-order chi connectivity index (χ1) is 10.3. The summed E-state index contributed by atoms with van der Waals surface area (Å²) in [4.78, 5) is 18.4. The van der Waals surface area contributed by atoms with Crippen molar-refractivity contribution in [1.82, 2.24) is 9.97 Å². The van der Waals surface area contributed by atoms with Crippen molar-refractivity contribution >= 4 is 27.8 Å². The Labute approximate surface area is 120 Å². The van der Waals surface area contributed by atoms with Crippen LogP contribution in [0.25, 0.3) is 21.8 Å². The highest BCUT2D eigenvalue weighted by atomic mass is 16.5. The first kappa shape index (κ1) is 11.8. The topological polar surface area (TPSA) is 57.9 Å². The van der Waals surface area contributed by atoms with Crippen molar-refractivity contribution in [1.29, 1.82) is 0 Å². The molecule has 4 nitrogen and oxygen atoms in total. The van der Waals surface area contributed by atoms with Crippen LogP contribution in [0.5, 0.6) is 5.75 Å². The maximum absolute atomic E-state index is 12.2. The molecule has 0 saturated heterocycles. The van der Waals surface area contributed by atoms with Gasteiger partial charge >= 0.3 is 5.97 Å². The number of fused-ring (bicyclic) bond motifs is 2. The van der Waals surface area contributed by atoms with Gasteiger partial charge in [-0.1, -0.05) is 0 Å². The average molecular weight is 276 g/mol.